The van der Waals surface area contributed by atoms with Crippen LogP contribution in [0.4, 0.5) is 11.4 Å². The molecule has 0 aromatic heterocycles. The average molecular weight is 390 g/mol. The fourth-order valence-corrected chi connectivity index (χ4v) is 3.07. The molecule has 0 spiro atoms. The summed E-state index contributed by atoms with van der Waals surface area (Å²) in [5, 5.41) is 11.4. The number of carbonyl (C=O) groups is 2. The molecule has 8 nitrogen and oxygen atoms in total. The summed E-state index contributed by atoms with van der Waals surface area (Å²) in [6.45, 7) is 0. The van der Waals surface area contributed by atoms with Gasteiger partial charge in [-0.15, -0.1) is 0 Å². The third kappa shape index (κ3) is 3.27. The number of nitro groups is 1. The second-order valence-electron chi connectivity index (χ2n) is 6.21. The molecule has 1 heterocycles. The first-order chi connectivity index (χ1) is 14.0. The van der Waals surface area contributed by atoms with Crippen LogP contribution in [0.5, 0.6) is 17.2 Å². The number of nitrogens with zero attached hydrogens (tertiary/aromatic N) is 2. The first-order valence-electron chi connectivity index (χ1n) is 8.57. The third-order valence-corrected chi connectivity index (χ3v) is 4.43. The number of amides is 2. The summed E-state index contributed by atoms with van der Waals surface area (Å²) >= 11 is 0. The highest BCUT2D eigenvalue weighted by molar-refractivity contribution is 6.34. The van der Waals surface area contributed by atoms with E-state index in [1.807, 2.05) is 0 Å². The first-order valence-corrected chi connectivity index (χ1v) is 8.57. The van der Waals surface area contributed by atoms with Gasteiger partial charge in [0.2, 0.25) is 0 Å². The smallest absolute Gasteiger partial charge is 0.275 e. The molecule has 144 valence electrons. The maximum Gasteiger partial charge on any atom is 0.275 e. The van der Waals surface area contributed by atoms with E-state index in [9.17, 15) is 19.7 Å². The quantitative estimate of drug-likeness (QED) is 0.368. The van der Waals surface area contributed by atoms with Crippen LogP contribution in [0.25, 0.3) is 0 Å². The summed E-state index contributed by atoms with van der Waals surface area (Å²) in [5.41, 5.74) is 0.264. The number of rotatable bonds is 5. The summed E-state index contributed by atoms with van der Waals surface area (Å²) < 4.78 is 10.8. The Balaban J connectivity index is 1.73. The van der Waals surface area contributed by atoms with E-state index in [-0.39, 0.29) is 28.3 Å². The molecule has 3 aromatic rings. The molecule has 0 radical (unpaired) electrons. The topological polar surface area (TPSA) is 99.0 Å². The minimum atomic E-state index is -0.609. The number of methoxy groups -OCH3 is 1. The maximum atomic E-state index is 12.7. The van der Waals surface area contributed by atoms with Crippen molar-refractivity contribution in [3.63, 3.8) is 0 Å². The predicted molar refractivity (Wildman–Crippen MR) is 104 cm³/mol. The normalized spacial score (nSPS) is 12.7. The Morgan fingerprint density at radius 1 is 0.828 bits per heavy atom. The average Bonchev–Trinajstić information content (AvgIpc) is 2.99. The number of fused-ring (bicyclic) bond motifs is 1. The van der Waals surface area contributed by atoms with Crippen LogP contribution in [-0.2, 0) is 0 Å². The third-order valence-electron chi connectivity index (χ3n) is 4.43. The summed E-state index contributed by atoms with van der Waals surface area (Å²) in [6, 6.07) is 16.8. The fraction of sp³-hybridized carbons (Fsp3) is 0.0476. The van der Waals surface area contributed by atoms with Crippen molar-refractivity contribution in [3.05, 3.63) is 88.0 Å². The van der Waals surface area contributed by atoms with E-state index in [0.717, 1.165) is 4.90 Å². The van der Waals surface area contributed by atoms with Gasteiger partial charge < -0.3 is 9.47 Å². The number of hydrogen-bond acceptors (Lipinski definition) is 6. The minimum Gasteiger partial charge on any atom is -0.497 e. The van der Waals surface area contributed by atoms with E-state index in [1.54, 1.807) is 48.5 Å². The van der Waals surface area contributed by atoms with Crippen molar-refractivity contribution in [3.8, 4) is 17.2 Å². The molecule has 0 saturated heterocycles. The van der Waals surface area contributed by atoms with Crippen LogP contribution in [0, 0.1) is 10.1 Å². The lowest BCUT2D eigenvalue weighted by atomic mass is 10.1. The molecule has 4 rings (SSSR count). The van der Waals surface area contributed by atoms with Crippen LogP contribution < -0.4 is 14.4 Å². The van der Waals surface area contributed by atoms with Crippen molar-refractivity contribution < 1.29 is 24.0 Å². The van der Waals surface area contributed by atoms with Crippen molar-refractivity contribution >= 4 is 23.2 Å². The highest BCUT2D eigenvalue weighted by atomic mass is 16.6. The molecule has 2 amide bonds. The van der Waals surface area contributed by atoms with Gasteiger partial charge in [-0.25, -0.2) is 4.90 Å². The lowest BCUT2D eigenvalue weighted by Gasteiger charge is -2.15. The van der Waals surface area contributed by atoms with Crippen molar-refractivity contribution in [2.24, 2.45) is 0 Å². The zero-order chi connectivity index (χ0) is 20.5. The standard InChI is InChI=1S/C21H14N2O6/c1-28-15-6-8-16(9-7-15)29-17-11-13(10-14(12-17)23(26)27)22-20(24)18-4-2-3-5-19(18)21(22)25/h2-12H,1H3. The Labute approximate surface area is 165 Å². The van der Waals surface area contributed by atoms with Gasteiger partial charge in [-0.1, -0.05) is 12.1 Å². The van der Waals surface area contributed by atoms with Crippen LogP contribution in [0.2, 0.25) is 0 Å². The van der Waals surface area contributed by atoms with E-state index in [0.29, 0.717) is 11.5 Å². The zero-order valence-electron chi connectivity index (χ0n) is 15.2. The number of imide groups is 1. The van der Waals surface area contributed by atoms with E-state index in [4.69, 9.17) is 9.47 Å². The summed E-state index contributed by atoms with van der Waals surface area (Å²) in [6.07, 6.45) is 0. The van der Waals surface area contributed by atoms with E-state index in [2.05, 4.69) is 0 Å². The van der Waals surface area contributed by atoms with Gasteiger partial charge in [-0.2, -0.15) is 0 Å². The number of carbonyl (C=O) groups excluding carboxylic acids is 2. The van der Waals surface area contributed by atoms with E-state index >= 15 is 0 Å². The Morgan fingerprint density at radius 3 is 1.97 bits per heavy atom. The fourth-order valence-electron chi connectivity index (χ4n) is 3.07. The van der Waals surface area contributed by atoms with E-state index < -0.39 is 16.7 Å². The number of anilines is 1. The molecule has 0 bridgehead atoms. The first kappa shape index (κ1) is 18.2. The monoisotopic (exact) mass is 390 g/mol. The second-order valence-corrected chi connectivity index (χ2v) is 6.21. The molecular formula is C21H14N2O6. The van der Waals surface area contributed by atoms with Crippen LogP contribution in [0.15, 0.2) is 66.7 Å². The molecule has 0 atom stereocenters. The number of benzene rings is 3. The lowest BCUT2D eigenvalue weighted by Crippen LogP contribution is -2.29. The molecule has 1 aliphatic rings. The van der Waals surface area contributed by atoms with Crippen LogP contribution in [-0.4, -0.2) is 23.8 Å². The van der Waals surface area contributed by atoms with Gasteiger partial charge >= 0.3 is 0 Å². The van der Waals surface area contributed by atoms with E-state index in [1.165, 1.54) is 25.3 Å². The number of non-ortho nitro benzene ring substituents is 1. The molecule has 8 heteroatoms. The molecule has 1 aliphatic heterocycles. The Bertz CT molecular complexity index is 1110. The second kappa shape index (κ2) is 7.08. The van der Waals surface area contributed by atoms with Gasteiger partial charge in [-0.05, 0) is 36.4 Å². The molecule has 0 saturated carbocycles. The summed E-state index contributed by atoms with van der Waals surface area (Å²) in [5.74, 6) is 0.0848. The lowest BCUT2D eigenvalue weighted by molar-refractivity contribution is -0.384. The molecule has 0 fully saturated rings. The molecule has 3 aromatic carbocycles. The van der Waals surface area contributed by atoms with Crippen molar-refractivity contribution in [2.45, 2.75) is 0 Å². The largest absolute Gasteiger partial charge is 0.497 e. The maximum absolute atomic E-state index is 12.7. The molecule has 0 N–H and O–H groups in total. The van der Waals surface area contributed by atoms with Crippen molar-refractivity contribution in [2.75, 3.05) is 12.0 Å². The van der Waals surface area contributed by atoms with Gasteiger partial charge in [0.25, 0.3) is 17.5 Å². The minimum absolute atomic E-state index is 0.0638. The van der Waals surface area contributed by atoms with Crippen molar-refractivity contribution in [1.29, 1.82) is 0 Å². The highest BCUT2D eigenvalue weighted by Gasteiger charge is 2.37. The number of nitro benzene ring substituents is 1. The highest BCUT2D eigenvalue weighted by Crippen LogP contribution is 2.35. The molecule has 29 heavy (non-hydrogen) atoms. The number of hydrogen-bond donors (Lipinski definition) is 0. The van der Waals surface area contributed by atoms with Gasteiger partial charge in [0.15, 0.2) is 0 Å². The zero-order valence-corrected chi connectivity index (χ0v) is 15.2. The van der Waals surface area contributed by atoms with Gasteiger partial charge in [-0.3, -0.25) is 19.7 Å². The number of ether oxygens (including phenoxy) is 2. The van der Waals surface area contributed by atoms with Crippen molar-refractivity contribution in [1.82, 2.24) is 0 Å². The van der Waals surface area contributed by atoms with Crippen LogP contribution in [0.3, 0.4) is 0 Å². The van der Waals surface area contributed by atoms with Crippen LogP contribution in [0.1, 0.15) is 20.7 Å². The van der Waals surface area contributed by atoms with Crippen LogP contribution >= 0.6 is 0 Å². The molecule has 0 aliphatic carbocycles. The van der Waals surface area contributed by atoms with Gasteiger partial charge in [0.1, 0.15) is 17.2 Å². The predicted octanol–water partition coefficient (Wildman–Crippen LogP) is 4.20. The summed E-state index contributed by atoms with van der Waals surface area (Å²) in [4.78, 5) is 37.1. The molecule has 0 unspecified atom stereocenters. The Morgan fingerprint density at radius 2 is 1.41 bits per heavy atom. The Hall–Kier alpha value is -4.20. The Kier molecular flexibility index (Phi) is 4.44. The van der Waals surface area contributed by atoms with Gasteiger partial charge in [0, 0.05) is 12.1 Å². The van der Waals surface area contributed by atoms with Gasteiger partial charge in [0.05, 0.1) is 34.9 Å². The SMILES string of the molecule is COc1ccc(Oc2cc(N3C(=O)c4ccccc4C3=O)cc([N+](=O)[O-])c2)cc1. The molecular weight excluding hydrogens is 376 g/mol. The summed E-state index contributed by atoms with van der Waals surface area (Å²) in [7, 11) is 1.53.